The quantitative estimate of drug-likeness (QED) is 0.732. The monoisotopic (exact) mass is 354 g/mol. The fourth-order valence-electron chi connectivity index (χ4n) is 1.63. The molecule has 0 aromatic heterocycles. The van der Waals surface area contributed by atoms with Crippen LogP contribution in [-0.2, 0) is 11.3 Å². The lowest BCUT2D eigenvalue weighted by Gasteiger charge is -2.19. The molecule has 21 heavy (non-hydrogen) atoms. The van der Waals surface area contributed by atoms with Crippen LogP contribution < -0.4 is 20.5 Å². The molecular weight excluding hydrogens is 336 g/mol. The first-order chi connectivity index (χ1) is 10.0. The number of amides is 1. The number of rotatable bonds is 7. The number of hydrogen-bond donors (Lipinski definition) is 2. The average Bonchev–Trinajstić information content (AvgIpc) is 2.47. The summed E-state index contributed by atoms with van der Waals surface area (Å²) in [5.41, 5.74) is 6.54. The molecule has 0 bridgehead atoms. The summed E-state index contributed by atoms with van der Waals surface area (Å²) in [6.07, 6.45) is 4.41. The van der Waals surface area contributed by atoms with Crippen LogP contribution in [0.3, 0.4) is 0 Å². The zero-order chi connectivity index (χ0) is 15.8. The Balaban J connectivity index is 2.95. The fourth-order valence-corrected chi connectivity index (χ4v) is 2.21. The highest BCUT2D eigenvalue weighted by atomic mass is 79.9. The lowest BCUT2D eigenvalue weighted by atomic mass is 10.2. The Morgan fingerprint density at radius 2 is 2.29 bits per heavy atom. The van der Waals surface area contributed by atoms with E-state index in [2.05, 4.69) is 27.2 Å². The van der Waals surface area contributed by atoms with Gasteiger partial charge >= 0.3 is 0 Å². The van der Waals surface area contributed by atoms with E-state index in [0.717, 1.165) is 5.56 Å². The number of carbonyl (C=O) groups is 1. The first kappa shape index (κ1) is 17.3. The van der Waals surface area contributed by atoms with Crippen molar-refractivity contribution in [2.75, 3.05) is 13.2 Å². The molecule has 0 spiro atoms. The van der Waals surface area contributed by atoms with Crippen LogP contribution in [0.25, 0.3) is 0 Å². The molecule has 1 aromatic carbocycles. The third-order valence-corrected chi connectivity index (χ3v) is 3.22. The molecule has 0 fully saturated rings. The number of ether oxygens (including phenoxy) is 2. The molecule has 0 radical (unpaired) electrons. The minimum absolute atomic E-state index is 0.165. The molecule has 0 aliphatic rings. The van der Waals surface area contributed by atoms with Crippen LogP contribution in [0.4, 0.5) is 0 Å². The molecule has 1 amide bonds. The van der Waals surface area contributed by atoms with Crippen LogP contribution >= 0.6 is 15.9 Å². The topological polar surface area (TPSA) is 73.6 Å². The van der Waals surface area contributed by atoms with Crippen molar-refractivity contribution in [2.45, 2.75) is 26.5 Å². The zero-order valence-electron chi connectivity index (χ0n) is 12.1. The van der Waals surface area contributed by atoms with Crippen molar-refractivity contribution in [1.82, 2.24) is 5.32 Å². The molecule has 1 aromatic rings. The molecule has 0 aliphatic carbocycles. The van der Waals surface area contributed by atoms with Gasteiger partial charge in [-0.1, -0.05) is 5.92 Å². The Labute approximate surface area is 133 Å². The molecule has 0 saturated carbocycles. The van der Waals surface area contributed by atoms with Crippen LogP contribution in [0.2, 0.25) is 0 Å². The third kappa shape index (κ3) is 4.96. The smallest absolute Gasteiger partial charge is 0.261 e. The van der Waals surface area contributed by atoms with Crippen molar-refractivity contribution in [3.05, 3.63) is 22.2 Å². The van der Waals surface area contributed by atoms with E-state index < -0.39 is 6.10 Å². The fraction of sp³-hybridized carbons (Fsp3) is 0.400. The highest BCUT2D eigenvalue weighted by Crippen LogP contribution is 2.37. The summed E-state index contributed by atoms with van der Waals surface area (Å²) in [7, 11) is 0. The van der Waals surface area contributed by atoms with Gasteiger partial charge in [-0.3, -0.25) is 4.79 Å². The number of benzene rings is 1. The number of nitrogens with two attached hydrogens (primary N) is 1. The summed E-state index contributed by atoms with van der Waals surface area (Å²) in [6.45, 7) is 4.55. The van der Waals surface area contributed by atoms with Gasteiger partial charge < -0.3 is 20.5 Å². The maximum atomic E-state index is 11.8. The van der Waals surface area contributed by atoms with E-state index in [1.54, 1.807) is 13.0 Å². The third-order valence-electron chi connectivity index (χ3n) is 2.63. The molecule has 1 atom stereocenters. The first-order valence-corrected chi connectivity index (χ1v) is 7.35. The Bertz CT molecular complexity index is 540. The maximum Gasteiger partial charge on any atom is 0.261 e. The van der Waals surface area contributed by atoms with Crippen LogP contribution in [0.5, 0.6) is 11.5 Å². The van der Waals surface area contributed by atoms with Crippen molar-refractivity contribution < 1.29 is 14.3 Å². The second kappa shape index (κ2) is 8.55. The molecule has 0 heterocycles. The molecule has 114 valence electrons. The van der Waals surface area contributed by atoms with E-state index in [9.17, 15) is 4.79 Å². The van der Waals surface area contributed by atoms with Gasteiger partial charge in [-0.15, -0.1) is 6.42 Å². The lowest BCUT2D eigenvalue weighted by Crippen LogP contribution is -2.36. The molecule has 0 aliphatic heterocycles. The summed E-state index contributed by atoms with van der Waals surface area (Å²) in [5, 5.41) is 2.57. The van der Waals surface area contributed by atoms with E-state index in [-0.39, 0.29) is 12.5 Å². The summed E-state index contributed by atoms with van der Waals surface area (Å²) in [4.78, 5) is 11.8. The Morgan fingerprint density at radius 1 is 1.57 bits per heavy atom. The van der Waals surface area contributed by atoms with Gasteiger partial charge in [-0.2, -0.15) is 0 Å². The highest BCUT2D eigenvalue weighted by Gasteiger charge is 2.19. The summed E-state index contributed by atoms with van der Waals surface area (Å²) >= 11 is 3.41. The molecule has 0 saturated heterocycles. The van der Waals surface area contributed by atoms with E-state index in [1.165, 1.54) is 0 Å². The number of carbonyl (C=O) groups excluding carboxylic acids is 1. The van der Waals surface area contributed by atoms with Crippen LogP contribution in [0.1, 0.15) is 19.4 Å². The standard InChI is InChI=1S/C15H19BrN2O3/c1-4-6-18-15(19)10(3)21-14-12(16)7-11(9-17)8-13(14)20-5-2/h1,7-8,10H,5-6,9,17H2,2-3H3,(H,18,19). The summed E-state index contributed by atoms with van der Waals surface area (Å²) < 4.78 is 11.9. The second-order valence-corrected chi connectivity index (χ2v) is 5.08. The largest absolute Gasteiger partial charge is 0.490 e. The molecule has 3 N–H and O–H groups in total. The van der Waals surface area contributed by atoms with Gasteiger partial charge in [0.15, 0.2) is 17.6 Å². The normalized spacial score (nSPS) is 11.4. The van der Waals surface area contributed by atoms with Gasteiger partial charge in [-0.25, -0.2) is 0 Å². The Hall–Kier alpha value is -1.71. The SMILES string of the molecule is C#CCNC(=O)C(C)Oc1c(Br)cc(CN)cc1OCC. The maximum absolute atomic E-state index is 11.8. The van der Waals surface area contributed by atoms with Crippen LogP contribution in [0, 0.1) is 12.3 Å². The van der Waals surface area contributed by atoms with Gasteiger partial charge in [-0.05, 0) is 47.5 Å². The van der Waals surface area contributed by atoms with E-state index in [1.807, 2.05) is 13.0 Å². The van der Waals surface area contributed by atoms with Gasteiger partial charge in [0.2, 0.25) is 0 Å². The van der Waals surface area contributed by atoms with Crippen molar-refractivity contribution >= 4 is 21.8 Å². The molecule has 1 rings (SSSR count). The van der Waals surface area contributed by atoms with Gasteiger partial charge in [0.1, 0.15) is 0 Å². The number of nitrogens with one attached hydrogen (secondary N) is 1. The minimum atomic E-state index is -0.697. The van der Waals surface area contributed by atoms with E-state index in [0.29, 0.717) is 29.1 Å². The lowest BCUT2D eigenvalue weighted by molar-refractivity contribution is -0.127. The Kier molecular flexibility index (Phi) is 7.06. The van der Waals surface area contributed by atoms with Crippen LogP contribution in [-0.4, -0.2) is 25.2 Å². The first-order valence-electron chi connectivity index (χ1n) is 6.56. The van der Waals surface area contributed by atoms with Gasteiger partial charge in [0.25, 0.3) is 5.91 Å². The molecule has 1 unspecified atom stereocenters. The molecular formula is C15H19BrN2O3. The van der Waals surface area contributed by atoms with E-state index >= 15 is 0 Å². The van der Waals surface area contributed by atoms with Crippen LogP contribution in [0.15, 0.2) is 16.6 Å². The minimum Gasteiger partial charge on any atom is -0.490 e. The Morgan fingerprint density at radius 3 is 2.86 bits per heavy atom. The highest BCUT2D eigenvalue weighted by molar-refractivity contribution is 9.10. The average molecular weight is 355 g/mol. The summed E-state index contributed by atoms with van der Waals surface area (Å²) in [5.74, 6) is 3.07. The van der Waals surface area contributed by atoms with Gasteiger partial charge in [0, 0.05) is 6.54 Å². The molecule has 5 nitrogen and oxygen atoms in total. The van der Waals surface area contributed by atoms with Crippen molar-refractivity contribution in [3.8, 4) is 23.8 Å². The predicted octanol–water partition coefficient (Wildman–Crippen LogP) is 1.82. The van der Waals surface area contributed by atoms with Crippen molar-refractivity contribution in [2.24, 2.45) is 5.73 Å². The zero-order valence-corrected chi connectivity index (χ0v) is 13.7. The van der Waals surface area contributed by atoms with Gasteiger partial charge in [0.05, 0.1) is 17.6 Å². The number of terminal acetylenes is 1. The number of halogens is 1. The van der Waals surface area contributed by atoms with Crippen molar-refractivity contribution in [1.29, 1.82) is 0 Å². The number of hydrogen-bond acceptors (Lipinski definition) is 4. The summed E-state index contributed by atoms with van der Waals surface area (Å²) in [6, 6.07) is 3.64. The molecule has 6 heteroatoms. The second-order valence-electron chi connectivity index (χ2n) is 4.22. The predicted molar refractivity (Wildman–Crippen MR) is 85.1 cm³/mol. The van der Waals surface area contributed by atoms with E-state index in [4.69, 9.17) is 21.6 Å². The van der Waals surface area contributed by atoms with Crippen molar-refractivity contribution in [3.63, 3.8) is 0 Å².